The van der Waals surface area contributed by atoms with E-state index in [9.17, 15) is 4.79 Å². The normalized spacial score (nSPS) is 9.57. The Morgan fingerprint density at radius 2 is 2.07 bits per heavy atom. The van der Waals surface area contributed by atoms with Crippen molar-refractivity contribution in [3.8, 4) is 5.75 Å². The molecule has 0 saturated carbocycles. The van der Waals surface area contributed by atoms with Crippen molar-refractivity contribution in [1.82, 2.24) is 5.48 Å². The topological polar surface area (TPSA) is 58.6 Å². The van der Waals surface area contributed by atoms with Crippen LogP contribution in [0.25, 0.3) is 0 Å². The number of carbonyl (C=O) groups excluding carboxylic acids is 1. The summed E-state index contributed by atoms with van der Waals surface area (Å²) < 4.78 is 6.39. The molecule has 1 aromatic rings. The summed E-state index contributed by atoms with van der Waals surface area (Å²) in [4.78, 5) is 10.6. The molecule has 1 amide bonds. The number of hydrogen-bond acceptors (Lipinski definition) is 3. The third-order valence-corrected chi connectivity index (χ3v) is 2.26. The average molecular weight is 307 g/mol. The third kappa shape index (κ3) is 3.93. The maximum Gasteiger partial charge on any atom is 0.246 e. The molecule has 0 aliphatic rings. The molecular weight excluding hydrogens is 297 g/mol. The first-order valence-electron chi connectivity index (χ1n) is 4.03. The van der Waals surface area contributed by atoms with Crippen LogP contribution in [0, 0.1) is 3.57 Å². The van der Waals surface area contributed by atoms with E-state index in [0.29, 0.717) is 0 Å². The van der Waals surface area contributed by atoms with Gasteiger partial charge in [0.25, 0.3) is 0 Å². The first-order valence-corrected chi connectivity index (χ1v) is 5.11. The van der Waals surface area contributed by atoms with Crippen LogP contribution >= 0.6 is 22.6 Å². The summed E-state index contributed by atoms with van der Waals surface area (Å²) >= 11 is 2.20. The minimum absolute atomic E-state index is 0.141. The average Bonchev–Trinajstić information content (AvgIpc) is 2.21. The van der Waals surface area contributed by atoms with Gasteiger partial charge in [0.1, 0.15) is 5.75 Å². The fourth-order valence-corrected chi connectivity index (χ4v) is 1.21. The third-order valence-electron chi connectivity index (χ3n) is 1.54. The predicted molar refractivity (Wildman–Crippen MR) is 59.2 cm³/mol. The zero-order valence-electron chi connectivity index (χ0n) is 7.37. The molecule has 0 saturated heterocycles. The van der Waals surface area contributed by atoms with Gasteiger partial charge in [0.05, 0.1) is 13.0 Å². The van der Waals surface area contributed by atoms with Crippen molar-refractivity contribution >= 4 is 28.5 Å². The second-order valence-corrected chi connectivity index (χ2v) is 3.83. The van der Waals surface area contributed by atoms with Crippen LogP contribution in [0.2, 0.25) is 0 Å². The minimum Gasteiger partial charge on any atom is -0.493 e. The molecule has 2 N–H and O–H groups in total. The lowest BCUT2D eigenvalue weighted by molar-refractivity contribution is -0.129. The van der Waals surface area contributed by atoms with Crippen LogP contribution in [0.4, 0.5) is 0 Å². The number of benzene rings is 1. The molecule has 0 aliphatic heterocycles. The van der Waals surface area contributed by atoms with Crippen LogP contribution in [0.15, 0.2) is 24.3 Å². The van der Waals surface area contributed by atoms with Gasteiger partial charge in [0.2, 0.25) is 5.91 Å². The molecule has 0 bridgehead atoms. The van der Waals surface area contributed by atoms with Crippen LogP contribution in [-0.2, 0) is 4.79 Å². The van der Waals surface area contributed by atoms with Crippen LogP contribution < -0.4 is 10.2 Å². The first kappa shape index (κ1) is 11.3. The maximum atomic E-state index is 10.6. The lowest BCUT2D eigenvalue weighted by atomic mass is 10.3. The van der Waals surface area contributed by atoms with Gasteiger partial charge in [-0.1, -0.05) is 0 Å². The van der Waals surface area contributed by atoms with Gasteiger partial charge in [0.15, 0.2) is 0 Å². The van der Waals surface area contributed by atoms with Gasteiger partial charge in [-0.15, -0.1) is 0 Å². The van der Waals surface area contributed by atoms with E-state index >= 15 is 0 Å². The Labute approximate surface area is 95.4 Å². The largest absolute Gasteiger partial charge is 0.493 e. The quantitative estimate of drug-likeness (QED) is 0.504. The highest BCUT2D eigenvalue weighted by Crippen LogP contribution is 2.13. The van der Waals surface area contributed by atoms with Crippen LogP contribution in [0.1, 0.15) is 6.42 Å². The molecule has 0 radical (unpaired) electrons. The number of ether oxygens (including phenoxy) is 1. The summed E-state index contributed by atoms with van der Waals surface area (Å²) in [6, 6.07) is 7.50. The zero-order chi connectivity index (χ0) is 10.4. The van der Waals surface area contributed by atoms with Gasteiger partial charge in [-0.3, -0.25) is 10.0 Å². The number of halogens is 1. The Morgan fingerprint density at radius 1 is 1.43 bits per heavy atom. The van der Waals surface area contributed by atoms with E-state index < -0.39 is 5.91 Å². The molecule has 0 unspecified atom stereocenters. The van der Waals surface area contributed by atoms with Gasteiger partial charge < -0.3 is 4.74 Å². The van der Waals surface area contributed by atoms with Gasteiger partial charge in [0, 0.05) is 3.57 Å². The molecule has 5 heteroatoms. The maximum absolute atomic E-state index is 10.6. The van der Waals surface area contributed by atoms with E-state index in [-0.39, 0.29) is 13.0 Å². The smallest absolute Gasteiger partial charge is 0.246 e. The molecule has 76 valence electrons. The molecule has 4 nitrogen and oxygen atoms in total. The van der Waals surface area contributed by atoms with Crippen molar-refractivity contribution in [1.29, 1.82) is 0 Å². The number of rotatable bonds is 4. The molecule has 0 atom stereocenters. The fraction of sp³-hybridized carbons (Fsp3) is 0.222. The number of carbonyl (C=O) groups is 1. The summed E-state index contributed by atoms with van der Waals surface area (Å²) in [5.74, 6) is 0.270. The van der Waals surface area contributed by atoms with Gasteiger partial charge in [-0.05, 0) is 46.9 Å². The summed E-state index contributed by atoms with van der Waals surface area (Å²) in [5.41, 5.74) is 1.54. The zero-order valence-corrected chi connectivity index (χ0v) is 9.52. The van der Waals surface area contributed by atoms with Crippen LogP contribution in [0.3, 0.4) is 0 Å². The molecule has 0 aliphatic carbocycles. The fourth-order valence-electron chi connectivity index (χ4n) is 0.848. The van der Waals surface area contributed by atoms with Crippen molar-refractivity contribution in [2.24, 2.45) is 0 Å². The lowest BCUT2D eigenvalue weighted by Crippen LogP contribution is -2.20. The standard InChI is InChI=1S/C9H10INO3/c10-7-1-3-8(4-2-7)14-6-5-9(12)11-13/h1-4,13H,5-6H2,(H,11,12). The number of hydroxylamine groups is 1. The SMILES string of the molecule is O=C(CCOc1ccc(I)cc1)NO. The molecule has 1 rings (SSSR count). The van der Waals surface area contributed by atoms with Gasteiger partial charge in [-0.2, -0.15) is 0 Å². The van der Waals surface area contributed by atoms with E-state index in [0.717, 1.165) is 9.32 Å². The molecule has 0 aromatic heterocycles. The van der Waals surface area contributed by atoms with Crippen molar-refractivity contribution < 1.29 is 14.7 Å². The summed E-state index contributed by atoms with van der Waals surface area (Å²) in [5, 5.41) is 8.21. The van der Waals surface area contributed by atoms with E-state index in [2.05, 4.69) is 22.6 Å². The molecule has 14 heavy (non-hydrogen) atoms. The predicted octanol–water partition coefficient (Wildman–Crippen LogP) is 1.57. The Balaban J connectivity index is 2.31. The Morgan fingerprint density at radius 3 is 2.64 bits per heavy atom. The minimum atomic E-state index is -0.449. The van der Waals surface area contributed by atoms with Crippen LogP contribution in [0.5, 0.6) is 5.75 Å². The van der Waals surface area contributed by atoms with Crippen molar-refractivity contribution in [3.63, 3.8) is 0 Å². The van der Waals surface area contributed by atoms with Crippen LogP contribution in [-0.4, -0.2) is 17.7 Å². The van der Waals surface area contributed by atoms with E-state index in [1.54, 1.807) is 5.48 Å². The van der Waals surface area contributed by atoms with E-state index in [1.807, 2.05) is 24.3 Å². The second kappa shape index (κ2) is 5.82. The van der Waals surface area contributed by atoms with Gasteiger partial charge in [-0.25, -0.2) is 5.48 Å². The van der Waals surface area contributed by atoms with Crippen molar-refractivity contribution in [2.45, 2.75) is 6.42 Å². The molecule has 0 heterocycles. The Hall–Kier alpha value is -0.820. The first-order chi connectivity index (χ1) is 6.72. The molecule has 0 spiro atoms. The van der Waals surface area contributed by atoms with E-state index in [1.165, 1.54) is 0 Å². The number of amides is 1. The summed E-state index contributed by atoms with van der Waals surface area (Å²) in [6.45, 7) is 0.257. The number of hydrogen-bond donors (Lipinski definition) is 2. The molecule has 0 fully saturated rings. The molecular formula is C9H10INO3. The highest BCUT2D eigenvalue weighted by atomic mass is 127. The highest BCUT2D eigenvalue weighted by molar-refractivity contribution is 14.1. The van der Waals surface area contributed by atoms with Gasteiger partial charge >= 0.3 is 0 Å². The summed E-state index contributed by atoms with van der Waals surface area (Å²) in [7, 11) is 0. The summed E-state index contributed by atoms with van der Waals surface area (Å²) in [6.07, 6.45) is 0.141. The lowest BCUT2D eigenvalue weighted by Gasteiger charge is -2.04. The second-order valence-electron chi connectivity index (χ2n) is 2.59. The Kier molecular flexibility index (Phi) is 4.68. The Bertz CT molecular complexity index is 299. The monoisotopic (exact) mass is 307 g/mol. The van der Waals surface area contributed by atoms with E-state index in [4.69, 9.17) is 9.94 Å². The van der Waals surface area contributed by atoms with Crippen molar-refractivity contribution in [2.75, 3.05) is 6.61 Å². The van der Waals surface area contributed by atoms with Crippen molar-refractivity contribution in [3.05, 3.63) is 27.8 Å². The molecule has 1 aromatic carbocycles. The highest BCUT2D eigenvalue weighted by Gasteiger charge is 1.99. The number of nitrogens with one attached hydrogen (secondary N) is 1.